The zero-order valence-corrected chi connectivity index (χ0v) is 15.4. The predicted octanol–water partition coefficient (Wildman–Crippen LogP) is 3.83. The van der Waals surface area contributed by atoms with E-state index in [2.05, 4.69) is 0 Å². The molecule has 25 heavy (non-hydrogen) atoms. The minimum atomic E-state index is -0.514. The smallest absolute Gasteiger partial charge is 0.254 e. The highest BCUT2D eigenvalue weighted by Crippen LogP contribution is 2.29. The topological polar surface area (TPSA) is 40.6 Å². The summed E-state index contributed by atoms with van der Waals surface area (Å²) in [5, 5.41) is 0.635. The molecule has 5 heteroatoms. The van der Waals surface area contributed by atoms with Gasteiger partial charge >= 0.3 is 0 Å². The van der Waals surface area contributed by atoms with Gasteiger partial charge in [0.05, 0.1) is 0 Å². The molecule has 4 nitrogen and oxygen atoms in total. The molecule has 1 unspecified atom stereocenters. The third-order valence-electron chi connectivity index (χ3n) is 4.71. The van der Waals surface area contributed by atoms with Crippen LogP contribution in [0.4, 0.5) is 5.69 Å². The highest BCUT2D eigenvalue weighted by molar-refractivity contribution is 6.31. The monoisotopic (exact) mass is 356 g/mol. The molecule has 1 aliphatic heterocycles. The Morgan fingerprint density at radius 3 is 2.56 bits per heavy atom. The molecule has 1 fully saturated rings. The van der Waals surface area contributed by atoms with E-state index in [1.54, 1.807) is 22.8 Å². The number of carbonyl (C=O) groups is 2. The van der Waals surface area contributed by atoms with Gasteiger partial charge in [-0.25, -0.2) is 0 Å². The van der Waals surface area contributed by atoms with Gasteiger partial charge in [0.2, 0.25) is 5.91 Å². The zero-order chi connectivity index (χ0) is 18.1. The first-order chi connectivity index (χ1) is 11.9. The van der Waals surface area contributed by atoms with Gasteiger partial charge in [-0.2, -0.15) is 0 Å². The third kappa shape index (κ3) is 3.27. The normalized spacial score (nSPS) is 17.8. The van der Waals surface area contributed by atoms with Crippen molar-refractivity contribution in [3.63, 3.8) is 0 Å². The second-order valence-corrected chi connectivity index (χ2v) is 6.83. The fourth-order valence-electron chi connectivity index (χ4n) is 3.22. The van der Waals surface area contributed by atoms with Gasteiger partial charge in [-0.1, -0.05) is 35.4 Å². The lowest BCUT2D eigenvalue weighted by atomic mass is 10.1. The number of benzene rings is 2. The number of amides is 2. The van der Waals surface area contributed by atoms with Crippen LogP contribution in [0.1, 0.15) is 28.4 Å². The van der Waals surface area contributed by atoms with E-state index >= 15 is 0 Å². The molecular weight excluding hydrogens is 336 g/mol. The van der Waals surface area contributed by atoms with E-state index in [9.17, 15) is 9.59 Å². The SMILES string of the molecule is Cc1cccc(C(=O)N2CCN(c3cccc(Cl)c3C)C(=O)C2C)c1. The number of hydrogen-bond donors (Lipinski definition) is 0. The molecule has 1 atom stereocenters. The number of piperazine rings is 1. The van der Waals surface area contributed by atoms with E-state index in [4.69, 9.17) is 11.6 Å². The van der Waals surface area contributed by atoms with Gasteiger partial charge in [-0.3, -0.25) is 9.59 Å². The molecule has 0 radical (unpaired) electrons. The van der Waals surface area contributed by atoms with Crippen LogP contribution in [0, 0.1) is 13.8 Å². The Labute approximate surface area is 153 Å². The van der Waals surface area contributed by atoms with Crippen molar-refractivity contribution < 1.29 is 9.59 Å². The summed E-state index contributed by atoms with van der Waals surface area (Å²) in [7, 11) is 0. The lowest BCUT2D eigenvalue weighted by Crippen LogP contribution is -2.58. The average molecular weight is 357 g/mol. The van der Waals surface area contributed by atoms with Crippen molar-refractivity contribution in [1.82, 2.24) is 4.90 Å². The van der Waals surface area contributed by atoms with Crippen LogP contribution < -0.4 is 4.90 Å². The van der Waals surface area contributed by atoms with Crippen LogP contribution in [0.25, 0.3) is 0 Å². The number of carbonyl (C=O) groups excluding carboxylic acids is 2. The van der Waals surface area contributed by atoms with Crippen molar-refractivity contribution in [2.45, 2.75) is 26.8 Å². The maximum atomic E-state index is 12.9. The third-order valence-corrected chi connectivity index (χ3v) is 5.12. The Morgan fingerprint density at radius 2 is 1.84 bits per heavy atom. The van der Waals surface area contributed by atoms with Gasteiger partial charge in [-0.05, 0) is 50.6 Å². The second-order valence-electron chi connectivity index (χ2n) is 6.42. The molecule has 1 aliphatic rings. The number of hydrogen-bond acceptors (Lipinski definition) is 2. The Kier molecular flexibility index (Phi) is 4.82. The van der Waals surface area contributed by atoms with Crippen molar-refractivity contribution >= 4 is 29.1 Å². The molecule has 0 aliphatic carbocycles. The Morgan fingerprint density at radius 1 is 1.12 bits per heavy atom. The maximum absolute atomic E-state index is 12.9. The highest BCUT2D eigenvalue weighted by atomic mass is 35.5. The van der Waals surface area contributed by atoms with Gasteiger partial charge in [0.15, 0.2) is 0 Å². The second kappa shape index (κ2) is 6.89. The predicted molar refractivity (Wildman–Crippen MR) is 100 cm³/mol. The zero-order valence-electron chi connectivity index (χ0n) is 14.6. The number of halogens is 1. The molecule has 0 spiro atoms. The van der Waals surface area contributed by atoms with Crippen molar-refractivity contribution in [2.24, 2.45) is 0 Å². The summed E-state index contributed by atoms with van der Waals surface area (Å²) < 4.78 is 0. The standard InChI is InChI=1S/C20H21ClN2O2/c1-13-6-4-7-16(12-13)20(25)22-10-11-23(19(24)15(22)3)18-9-5-8-17(21)14(18)2/h4-9,12,15H,10-11H2,1-3H3. The summed E-state index contributed by atoms with van der Waals surface area (Å²) >= 11 is 6.19. The summed E-state index contributed by atoms with van der Waals surface area (Å²) in [6, 6.07) is 12.5. The number of aryl methyl sites for hydroxylation is 1. The summed E-state index contributed by atoms with van der Waals surface area (Å²) in [6.45, 7) is 6.58. The Bertz CT molecular complexity index is 834. The lowest BCUT2D eigenvalue weighted by molar-refractivity contribution is -0.124. The van der Waals surface area contributed by atoms with Crippen LogP contribution in [0.5, 0.6) is 0 Å². The minimum absolute atomic E-state index is 0.0855. The molecule has 0 saturated carbocycles. The number of nitrogens with zero attached hydrogens (tertiary/aromatic N) is 2. The van der Waals surface area contributed by atoms with Crippen LogP contribution in [0.3, 0.4) is 0 Å². The summed E-state index contributed by atoms with van der Waals surface area (Å²) in [6.07, 6.45) is 0. The first-order valence-electron chi connectivity index (χ1n) is 8.34. The van der Waals surface area contributed by atoms with Crippen molar-refractivity contribution in [3.05, 3.63) is 64.2 Å². The van der Waals surface area contributed by atoms with Crippen LogP contribution >= 0.6 is 11.6 Å². The summed E-state index contributed by atoms with van der Waals surface area (Å²) in [5.41, 5.74) is 3.33. The Balaban J connectivity index is 1.84. The largest absolute Gasteiger partial charge is 0.325 e. The molecule has 0 N–H and O–H groups in total. The summed E-state index contributed by atoms with van der Waals surface area (Å²) in [5.74, 6) is -0.190. The molecule has 0 bridgehead atoms. The van der Waals surface area contributed by atoms with Gasteiger partial charge in [0, 0.05) is 29.4 Å². The first-order valence-corrected chi connectivity index (χ1v) is 8.72. The molecular formula is C20H21ClN2O2. The van der Waals surface area contributed by atoms with E-state index < -0.39 is 6.04 Å². The molecule has 3 rings (SSSR count). The number of rotatable bonds is 2. The van der Waals surface area contributed by atoms with Crippen LogP contribution in [-0.2, 0) is 4.79 Å². The van der Waals surface area contributed by atoms with Crippen molar-refractivity contribution in [1.29, 1.82) is 0 Å². The quantitative estimate of drug-likeness (QED) is 0.820. The number of anilines is 1. The molecule has 2 amide bonds. The molecule has 130 valence electrons. The molecule has 1 heterocycles. The summed E-state index contributed by atoms with van der Waals surface area (Å²) in [4.78, 5) is 29.1. The first kappa shape index (κ1) is 17.5. The van der Waals surface area contributed by atoms with E-state index in [1.165, 1.54) is 0 Å². The van der Waals surface area contributed by atoms with Crippen LogP contribution in [-0.4, -0.2) is 35.8 Å². The van der Waals surface area contributed by atoms with Crippen molar-refractivity contribution in [3.8, 4) is 0 Å². The fraction of sp³-hybridized carbons (Fsp3) is 0.300. The molecule has 2 aromatic rings. The van der Waals surface area contributed by atoms with E-state index in [0.29, 0.717) is 23.7 Å². The van der Waals surface area contributed by atoms with E-state index in [-0.39, 0.29) is 11.8 Å². The minimum Gasteiger partial charge on any atom is -0.325 e. The fourth-order valence-corrected chi connectivity index (χ4v) is 3.39. The van der Waals surface area contributed by atoms with Gasteiger partial charge < -0.3 is 9.80 Å². The van der Waals surface area contributed by atoms with Crippen LogP contribution in [0.15, 0.2) is 42.5 Å². The van der Waals surface area contributed by atoms with Gasteiger partial charge in [-0.15, -0.1) is 0 Å². The molecule has 0 aromatic heterocycles. The van der Waals surface area contributed by atoms with Gasteiger partial charge in [0.1, 0.15) is 6.04 Å². The Hall–Kier alpha value is -2.33. The maximum Gasteiger partial charge on any atom is 0.254 e. The highest BCUT2D eigenvalue weighted by Gasteiger charge is 2.35. The van der Waals surface area contributed by atoms with Crippen molar-refractivity contribution in [2.75, 3.05) is 18.0 Å². The lowest BCUT2D eigenvalue weighted by Gasteiger charge is -2.39. The average Bonchev–Trinajstić information content (AvgIpc) is 2.59. The van der Waals surface area contributed by atoms with Gasteiger partial charge in [0.25, 0.3) is 5.91 Å². The van der Waals surface area contributed by atoms with Crippen LogP contribution in [0.2, 0.25) is 5.02 Å². The van der Waals surface area contributed by atoms with E-state index in [1.807, 2.05) is 50.2 Å². The molecule has 1 saturated heterocycles. The molecule has 2 aromatic carbocycles. The van der Waals surface area contributed by atoms with E-state index in [0.717, 1.165) is 16.8 Å².